The molecule has 12 N–H and O–H groups in total. The number of aryl methyl sites for hydroxylation is 2. The van der Waals surface area contributed by atoms with Crippen LogP contribution in [0.4, 0.5) is 17.1 Å². The Morgan fingerprint density at radius 3 is 1.09 bits per heavy atom. The minimum absolute atomic E-state index is 0.0362. The van der Waals surface area contributed by atoms with Gasteiger partial charge in [0.15, 0.2) is 5.52 Å². The predicted molar refractivity (Wildman–Crippen MR) is 422 cm³/mol. The van der Waals surface area contributed by atoms with Crippen LogP contribution in [0.2, 0.25) is 0 Å². The van der Waals surface area contributed by atoms with Crippen LogP contribution in [0.3, 0.4) is 0 Å². The highest BCUT2D eigenvalue weighted by Gasteiger charge is 2.33. The number of nitrogens with one attached hydrogen (secondary N) is 2. The monoisotopic (exact) mass is 1670 g/mol. The maximum Gasteiger partial charge on any atom is 0.425 e. The summed E-state index contributed by atoms with van der Waals surface area (Å²) in [6, 6.07) is 39.6. The van der Waals surface area contributed by atoms with Crippen molar-refractivity contribution in [1.82, 2.24) is 15.2 Å². The van der Waals surface area contributed by atoms with Crippen LogP contribution >= 0.6 is 0 Å². The Morgan fingerprint density at radius 1 is 0.444 bits per heavy atom. The summed E-state index contributed by atoms with van der Waals surface area (Å²) >= 11 is 0. The number of fused-ring (bicyclic) bond motifs is 17. The second kappa shape index (κ2) is 33.6. The summed E-state index contributed by atoms with van der Waals surface area (Å²) < 4.78 is 124. The van der Waals surface area contributed by atoms with E-state index in [0.717, 1.165) is 35.4 Å². The average molecular weight is 1670 g/mol. The van der Waals surface area contributed by atoms with E-state index in [4.69, 9.17) is 29.9 Å². The van der Waals surface area contributed by atoms with Crippen molar-refractivity contribution in [2.24, 2.45) is 10.2 Å². The molecule has 117 heavy (non-hydrogen) atoms. The fourth-order valence-corrected chi connectivity index (χ4v) is 15.6. The highest BCUT2D eigenvalue weighted by Crippen LogP contribution is 2.44. The van der Waals surface area contributed by atoms with E-state index < -0.39 is 56.2 Å². The van der Waals surface area contributed by atoms with Gasteiger partial charge in [-0.25, -0.2) is 4.63 Å². The number of aromatic hydroxyl groups is 8. The van der Waals surface area contributed by atoms with Crippen molar-refractivity contribution in [3.63, 3.8) is 0 Å². The Bertz CT molecular complexity index is 6660. The fraction of sp³-hybridized carbons (Fsp3) is 0.150. The zero-order chi connectivity index (χ0) is 84.4. The zero-order valence-electron chi connectivity index (χ0n) is 61.4. The summed E-state index contributed by atoms with van der Waals surface area (Å²) in [5.41, 5.74) is 15.3. The van der Waals surface area contributed by atoms with E-state index in [1.165, 1.54) is 23.2 Å². The molecule has 0 saturated carbocycles. The molecule has 600 valence electrons. The van der Waals surface area contributed by atoms with Crippen molar-refractivity contribution in [3.05, 3.63) is 284 Å². The summed E-state index contributed by atoms with van der Waals surface area (Å²) in [6.07, 6.45) is 2.81. The molecule has 2 aliphatic carbocycles. The molecule has 0 unspecified atom stereocenters. The van der Waals surface area contributed by atoms with Crippen LogP contribution in [0.1, 0.15) is 139 Å². The molecule has 16 bridgehead atoms. The highest BCUT2D eigenvalue weighted by atomic mass is 32.2. The molecule has 2 amide bonds. The number of phenols is 8. The van der Waals surface area contributed by atoms with Gasteiger partial charge in [0, 0.05) is 108 Å². The summed E-state index contributed by atoms with van der Waals surface area (Å²) in [5, 5.41) is 121. The van der Waals surface area contributed by atoms with E-state index in [2.05, 4.69) is 31.4 Å². The number of nitro benzene ring substituents is 1. The Hall–Kier alpha value is -14.0. The number of nitrogens with zero attached hydrogens (tertiary/aromatic N) is 6. The van der Waals surface area contributed by atoms with Crippen LogP contribution in [-0.2, 0) is 92.8 Å². The van der Waals surface area contributed by atoms with Crippen molar-refractivity contribution in [2.75, 3.05) is 17.4 Å². The quantitative estimate of drug-likeness (QED) is 0.0199. The van der Waals surface area contributed by atoms with Gasteiger partial charge in [-0.15, -0.1) is 25.3 Å². The average Bonchev–Trinajstić information content (AvgIpc) is 0.848. The molecular formula is C80H66N8O25S4. The number of nitro groups is 1. The first-order valence-electron chi connectivity index (χ1n) is 34.9. The number of carbonyl (C=O) groups is 2. The zero-order valence-corrected chi connectivity index (χ0v) is 64.6. The lowest BCUT2D eigenvalue weighted by atomic mass is 9.90. The fourth-order valence-electron chi connectivity index (χ4n) is 14.4. The van der Waals surface area contributed by atoms with Crippen molar-refractivity contribution in [2.45, 2.75) is 81.9 Å². The van der Waals surface area contributed by atoms with Crippen LogP contribution in [0.15, 0.2) is 176 Å². The van der Waals surface area contributed by atoms with Crippen LogP contribution in [0.5, 0.6) is 46.0 Å². The third kappa shape index (κ3) is 18.0. The molecule has 0 saturated heterocycles. The molecule has 33 nitrogen and oxygen atoms in total. The van der Waals surface area contributed by atoms with Gasteiger partial charge < -0.3 is 40.9 Å². The molecule has 15 rings (SSSR count). The van der Waals surface area contributed by atoms with Crippen LogP contribution < -0.4 is 10.9 Å². The summed E-state index contributed by atoms with van der Waals surface area (Å²) in [4.78, 5) is 37.4. The standard InChI is InChI=1S/C44H37N3O9S.C36H29N5O10S.2O3S/c1-3-47-43(52)35-9-5-8-34-37(11-10-36(38(34)35)44(47)53)46-45-22-24-14-29-16-25-6-4-7-26(39(25)48)17-31-20-33(57(54,55)56)21-32(42(31)51)19-28-13-23(2)12-27(40(28)49)18-30(15-24)41(29)50;1-18-7-22-13-25-10-19(17-37-38-29-5-6-30(41(46)47)32-31(29)39-51-40-32)9-24(35(25)44)11-20-3-2-4-21(33(20)42)12-26-15-28(52(48,49)50)16-27(36(26)45)14-23(8-18)34(22)43;2*1-4(2)3/h4-15,20-22,46,48-51H,3,16-19H2,1-2H3,(H,54,55,56);2-10,15-17,38,42-45H,11-14H2,1H3,(H,48,49,50);;/b45-22+;37-17+;;. The Morgan fingerprint density at radius 2 is 0.744 bits per heavy atom. The van der Waals surface area contributed by atoms with E-state index >= 15 is 0 Å². The predicted octanol–water partition coefficient (Wildman–Crippen LogP) is 10.6. The Labute approximate surface area is 666 Å². The maximum absolute atomic E-state index is 13.1. The molecule has 0 fully saturated rings. The number of amides is 2. The normalized spacial score (nSPS) is 13.1. The number of imide groups is 1. The number of hydrogen-bond donors (Lipinski definition) is 12. The minimum atomic E-state index is -4.69. The first-order valence-corrected chi connectivity index (χ1v) is 39.8. The van der Waals surface area contributed by atoms with Crippen LogP contribution in [0.25, 0.3) is 21.8 Å². The Balaban J connectivity index is 0.000000198. The van der Waals surface area contributed by atoms with E-state index in [1.54, 1.807) is 129 Å². The lowest BCUT2D eigenvalue weighted by Crippen LogP contribution is -2.40. The number of aromatic nitrogens is 2. The number of hydrogen-bond acceptors (Lipinski definition) is 29. The van der Waals surface area contributed by atoms with Gasteiger partial charge in [0.05, 0.1) is 38.5 Å². The first kappa shape index (κ1) is 82.5. The molecule has 2 heterocycles. The van der Waals surface area contributed by atoms with Gasteiger partial charge in [-0.2, -0.15) is 27.0 Å². The smallest absolute Gasteiger partial charge is 0.425 e. The summed E-state index contributed by atoms with van der Waals surface area (Å²) in [6.45, 7) is 5.64. The molecule has 37 heteroatoms. The number of anilines is 2. The van der Waals surface area contributed by atoms with E-state index in [1.807, 2.05) is 13.0 Å². The number of rotatable bonds is 10. The molecule has 3 aliphatic rings. The topological polar surface area (TPSA) is 541 Å². The molecule has 0 atom stereocenters. The highest BCUT2D eigenvalue weighted by molar-refractivity contribution is 7.86. The van der Waals surface area contributed by atoms with Gasteiger partial charge in [0.25, 0.3) is 32.1 Å². The van der Waals surface area contributed by atoms with E-state index in [-0.39, 0.29) is 160 Å². The summed E-state index contributed by atoms with van der Waals surface area (Å²) in [7, 11) is -15.6. The lowest BCUT2D eigenvalue weighted by molar-refractivity contribution is -0.383. The third-order valence-electron chi connectivity index (χ3n) is 19.6. The van der Waals surface area contributed by atoms with Gasteiger partial charge in [0.1, 0.15) is 46.0 Å². The SMILES string of the molecule is CCN1C(=O)c2cccc3c(N/N=C/c4cc5c(O)c(c4)Cc4cc(C)cc(c4O)Cc4cc(S(=O)(=O)O)cc(c4O)Cc4cccc(c4O)C5)ccc(c23)C1=O.Cc1cc2c(O)c(c1)Cc1cc(S(=O)(=O)O)cc(c1O)Cc1cccc(c1O)Cc1cc(/C=N/Nc3ccc([N+](=O)[O-])c4nonc34)cc(c1O)C2.O=S(=O)=O.O=S(=O)=O. The number of para-hydroxylation sites is 2. The summed E-state index contributed by atoms with van der Waals surface area (Å²) in [5.74, 6) is -1.83. The van der Waals surface area contributed by atoms with Gasteiger partial charge >= 0.3 is 26.9 Å². The van der Waals surface area contributed by atoms with Gasteiger partial charge in [0.2, 0.25) is 5.52 Å². The largest absolute Gasteiger partial charge is 0.507 e. The van der Waals surface area contributed by atoms with Crippen molar-refractivity contribution in [1.29, 1.82) is 0 Å². The first-order chi connectivity index (χ1) is 55.4. The Kier molecular flexibility index (Phi) is 23.7. The van der Waals surface area contributed by atoms with Gasteiger partial charge in [-0.3, -0.25) is 44.6 Å². The van der Waals surface area contributed by atoms with E-state index in [0.29, 0.717) is 105 Å². The van der Waals surface area contributed by atoms with Gasteiger partial charge in [-0.05, 0) is 182 Å². The van der Waals surface area contributed by atoms with Crippen molar-refractivity contribution < 1.29 is 111 Å². The number of benzene rings is 11. The van der Waals surface area contributed by atoms with E-state index in [9.17, 15) is 86.5 Å². The van der Waals surface area contributed by atoms with Crippen LogP contribution in [0, 0.1) is 24.0 Å². The second-order valence-corrected chi connectivity index (χ2v) is 31.0. The second-order valence-electron chi connectivity index (χ2n) is 27.4. The number of phenolic OH excluding ortho intramolecular Hbond substituents is 8. The maximum atomic E-state index is 13.1. The minimum Gasteiger partial charge on any atom is -0.507 e. The lowest BCUT2D eigenvalue weighted by Gasteiger charge is -2.26. The molecule has 11 aromatic carbocycles. The molecular weight excluding hydrogens is 1600 g/mol. The van der Waals surface area contributed by atoms with Crippen molar-refractivity contribution >= 4 is 105 Å². The molecule has 1 aromatic heterocycles. The number of carbonyl (C=O) groups excluding carboxylic acids is 2. The third-order valence-corrected chi connectivity index (χ3v) is 21.3. The number of hydrazone groups is 2. The van der Waals surface area contributed by atoms with Gasteiger partial charge in [-0.1, -0.05) is 83.9 Å². The number of non-ortho nitro benzene ring substituents is 1. The molecule has 12 aromatic rings. The van der Waals surface area contributed by atoms with Crippen LogP contribution in [-0.4, -0.2) is 143 Å². The van der Waals surface area contributed by atoms with Crippen molar-refractivity contribution in [3.8, 4) is 46.0 Å². The molecule has 1 aliphatic heterocycles. The molecule has 0 spiro atoms. The molecule has 0 radical (unpaired) electrons.